The monoisotopic (exact) mass is 485 g/mol. The van der Waals surface area contributed by atoms with Gasteiger partial charge in [-0.15, -0.1) is 0 Å². The fraction of sp³-hybridized carbons (Fsp3) is 0.207. The Kier molecular flexibility index (Phi) is 12.0. The number of methoxy groups -OCH3 is 1. The van der Waals surface area contributed by atoms with Crippen LogP contribution >= 0.6 is 0 Å². The van der Waals surface area contributed by atoms with Crippen LogP contribution in [0.25, 0.3) is 5.57 Å². The molecule has 3 aromatic rings. The van der Waals surface area contributed by atoms with E-state index in [1.165, 1.54) is 18.2 Å². The summed E-state index contributed by atoms with van der Waals surface area (Å²) in [5.74, 6) is 2.53. The molecule has 0 bridgehead atoms. The molecule has 4 rings (SSSR count). The number of nitrogens with zero attached hydrogens (tertiary/aromatic N) is 3. The number of hydrogen-bond donors (Lipinski definition) is 0. The van der Waals surface area contributed by atoms with Crippen molar-refractivity contribution in [2.45, 2.75) is 13.3 Å². The number of aliphatic imine (C=N–C) groups is 2. The van der Waals surface area contributed by atoms with Crippen molar-refractivity contribution in [1.82, 2.24) is 0 Å². The van der Waals surface area contributed by atoms with E-state index in [0.717, 1.165) is 47.8 Å². The molecule has 0 atom stereocenters. The van der Waals surface area contributed by atoms with E-state index in [0.29, 0.717) is 5.71 Å². The second kappa shape index (κ2) is 15.5. The van der Waals surface area contributed by atoms with Crippen LogP contribution in [0.1, 0.15) is 24.5 Å². The minimum atomic E-state index is 0.537. The molecule has 186 valence electrons. The van der Waals surface area contributed by atoms with Gasteiger partial charge in [0.05, 0.1) is 25.6 Å². The number of ether oxygens (including phenoxy) is 2. The Hall–Kier alpha value is -4.39. The lowest BCUT2D eigenvalue weighted by Crippen LogP contribution is -2.06. The molecule has 0 saturated heterocycles. The van der Waals surface area contributed by atoms with Crippen molar-refractivity contribution in [2.24, 2.45) is 15.2 Å². The van der Waals surface area contributed by atoms with Crippen molar-refractivity contribution < 1.29 is 14.3 Å². The van der Waals surface area contributed by atoms with Crippen molar-refractivity contribution in [1.29, 1.82) is 0 Å². The third kappa shape index (κ3) is 9.10. The second-order valence-electron chi connectivity index (χ2n) is 7.52. The van der Waals surface area contributed by atoms with Gasteiger partial charge in [-0.1, -0.05) is 35.5 Å². The summed E-state index contributed by atoms with van der Waals surface area (Å²) in [4.78, 5) is 26.4. The fourth-order valence-electron chi connectivity index (χ4n) is 3.18. The zero-order chi connectivity index (χ0) is 26.2. The van der Waals surface area contributed by atoms with E-state index in [1.807, 2.05) is 54.6 Å². The van der Waals surface area contributed by atoms with Gasteiger partial charge in [0, 0.05) is 13.6 Å². The van der Waals surface area contributed by atoms with Crippen LogP contribution in [0.4, 0.5) is 0 Å². The highest BCUT2D eigenvalue weighted by Gasteiger charge is 2.11. The molecule has 0 aliphatic carbocycles. The SMILES string of the molecule is CN=C(C)C=O.CN=O.COc1cccc(C2=CC(c3ccc(Oc4ccccc4)cc3)=NCC2)c1. The van der Waals surface area contributed by atoms with E-state index in [1.54, 1.807) is 21.1 Å². The Morgan fingerprint density at radius 3 is 2.11 bits per heavy atom. The third-order valence-electron chi connectivity index (χ3n) is 5.07. The molecule has 0 amide bonds. The highest BCUT2D eigenvalue weighted by molar-refractivity contribution is 6.26. The highest BCUT2D eigenvalue weighted by Crippen LogP contribution is 2.27. The lowest BCUT2D eigenvalue weighted by molar-refractivity contribution is -0.102. The van der Waals surface area contributed by atoms with Crippen LogP contribution in [0, 0.1) is 4.91 Å². The smallest absolute Gasteiger partial charge is 0.163 e. The first-order chi connectivity index (χ1) is 17.5. The molecule has 0 saturated carbocycles. The number of nitroso groups, excluding NO2 is 1. The molecule has 7 nitrogen and oxygen atoms in total. The van der Waals surface area contributed by atoms with E-state index in [4.69, 9.17) is 19.4 Å². The molecule has 0 N–H and O–H groups in total. The predicted octanol–water partition coefficient (Wildman–Crippen LogP) is 6.42. The molecule has 0 unspecified atom stereocenters. The van der Waals surface area contributed by atoms with Crippen molar-refractivity contribution in [3.63, 3.8) is 0 Å². The minimum Gasteiger partial charge on any atom is -0.497 e. The maximum atomic E-state index is 9.61. The zero-order valence-corrected chi connectivity index (χ0v) is 21.0. The van der Waals surface area contributed by atoms with Crippen LogP contribution in [0.5, 0.6) is 17.2 Å². The largest absolute Gasteiger partial charge is 0.497 e. The van der Waals surface area contributed by atoms with E-state index in [2.05, 4.69) is 40.5 Å². The summed E-state index contributed by atoms with van der Waals surface area (Å²) in [6.45, 7) is 2.45. The van der Waals surface area contributed by atoms with Gasteiger partial charge >= 0.3 is 0 Å². The lowest BCUT2D eigenvalue weighted by Gasteiger charge is -2.15. The van der Waals surface area contributed by atoms with E-state index in [-0.39, 0.29) is 0 Å². The van der Waals surface area contributed by atoms with Crippen molar-refractivity contribution in [3.8, 4) is 17.2 Å². The Balaban J connectivity index is 0.000000439. The zero-order valence-electron chi connectivity index (χ0n) is 21.0. The van der Waals surface area contributed by atoms with Gasteiger partial charge in [-0.3, -0.25) is 14.8 Å². The number of aldehydes is 1. The van der Waals surface area contributed by atoms with Crippen molar-refractivity contribution in [2.75, 3.05) is 27.7 Å². The average molecular weight is 486 g/mol. The summed E-state index contributed by atoms with van der Waals surface area (Å²) in [6, 6.07) is 26.1. The van der Waals surface area contributed by atoms with Crippen molar-refractivity contribution in [3.05, 3.63) is 101 Å². The van der Waals surface area contributed by atoms with Gasteiger partial charge < -0.3 is 9.47 Å². The van der Waals surface area contributed by atoms with Crippen LogP contribution in [0.3, 0.4) is 0 Å². The number of rotatable bonds is 6. The number of dihydropyridines is 1. The van der Waals surface area contributed by atoms with Gasteiger partial charge in [0.25, 0.3) is 0 Å². The van der Waals surface area contributed by atoms with E-state index in [9.17, 15) is 4.79 Å². The number of carbonyl (C=O) groups excluding carboxylic acids is 1. The number of para-hydroxylation sites is 1. The maximum absolute atomic E-state index is 9.61. The number of carbonyl (C=O) groups is 1. The summed E-state index contributed by atoms with van der Waals surface area (Å²) in [6.07, 6.45) is 3.83. The first-order valence-corrected chi connectivity index (χ1v) is 11.4. The number of allylic oxidation sites excluding steroid dienone is 1. The Morgan fingerprint density at radius 1 is 0.889 bits per heavy atom. The normalized spacial score (nSPS) is 12.4. The molecule has 1 aliphatic rings. The first-order valence-electron chi connectivity index (χ1n) is 11.4. The lowest BCUT2D eigenvalue weighted by atomic mass is 9.96. The fourth-order valence-corrected chi connectivity index (χ4v) is 3.18. The van der Waals surface area contributed by atoms with Gasteiger partial charge in [0.15, 0.2) is 6.29 Å². The van der Waals surface area contributed by atoms with Crippen LogP contribution in [-0.4, -0.2) is 45.5 Å². The molecule has 1 heterocycles. The summed E-state index contributed by atoms with van der Waals surface area (Å²) in [5, 5.41) is 2.25. The molecule has 0 aromatic heterocycles. The topological polar surface area (TPSA) is 89.7 Å². The van der Waals surface area contributed by atoms with Crippen LogP contribution in [0.2, 0.25) is 0 Å². The van der Waals surface area contributed by atoms with Crippen LogP contribution in [0.15, 0.2) is 100 Å². The number of benzene rings is 3. The van der Waals surface area contributed by atoms with Gasteiger partial charge in [-0.2, -0.15) is 4.91 Å². The van der Waals surface area contributed by atoms with Crippen molar-refractivity contribution >= 4 is 23.3 Å². The third-order valence-corrected chi connectivity index (χ3v) is 5.07. The molecular formula is C29H31N3O4. The summed E-state index contributed by atoms with van der Waals surface area (Å²) in [5.41, 5.74) is 5.10. The molecular weight excluding hydrogens is 454 g/mol. The molecule has 36 heavy (non-hydrogen) atoms. The second-order valence-corrected chi connectivity index (χ2v) is 7.52. The standard InChI is InChI=1S/C24H21NO2.C4H7NO.CH3NO/c1-26-23-9-5-6-19(16-23)20-14-15-25-24(17-20)18-10-12-22(13-11-18)27-21-7-3-2-4-8-21;1-4(3-6)5-2;1-2-3/h2-13,16-17H,14-15H2,1H3;3H,1-2H3;1H3. The molecule has 0 spiro atoms. The molecule has 0 radical (unpaired) electrons. The highest BCUT2D eigenvalue weighted by atomic mass is 16.5. The first kappa shape index (κ1) is 27.9. The average Bonchev–Trinajstić information content (AvgIpc) is 2.94. The van der Waals surface area contributed by atoms with Gasteiger partial charge in [0.1, 0.15) is 17.2 Å². The summed E-state index contributed by atoms with van der Waals surface area (Å²) < 4.78 is 11.2. The molecule has 3 aromatic carbocycles. The number of hydrogen-bond acceptors (Lipinski definition) is 7. The van der Waals surface area contributed by atoms with Crippen LogP contribution < -0.4 is 9.47 Å². The van der Waals surface area contributed by atoms with Gasteiger partial charge in [-0.05, 0) is 84.7 Å². The van der Waals surface area contributed by atoms with E-state index < -0.39 is 0 Å². The molecule has 0 fully saturated rings. The van der Waals surface area contributed by atoms with Gasteiger partial charge in [0.2, 0.25) is 0 Å². The summed E-state index contributed by atoms with van der Waals surface area (Å²) in [7, 11) is 4.48. The van der Waals surface area contributed by atoms with Gasteiger partial charge in [-0.25, -0.2) is 0 Å². The predicted molar refractivity (Wildman–Crippen MR) is 147 cm³/mol. The van der Waals surface area contributed by atoms with Crippen LogP contribution in [-0.2, 0) is 4.79 Å². The maximum Gasteiger partial charge on any atom is 0.163 e. The molecule has 1 aliphatic heterocycles. The molecule has 7 heteroatoms. The van der Waals surface area contributed by atoms with E-state index >= 15 is 0 Å². The summed E-state index contributed by atoms with van der Waals surface area (Å²) >= 11 is 0. The Morgan fingerprint density at radius 2 is 1.53 bits per heavy atom. The Bertz CT molecular complexity index is 1200. The Labute approximate surface area is 212 Å². The quantitative estimate of drug-likeness (QED) is 0.229. The minimum absolute atomic E-state index is 0.537.